The molecule has 0 amide bonds. The van der Waals surface area contributed by atoms with Crippen LogP contribution in [0.25, 0.3) is 0 Å². The molecule has 1 unspecified atom stereocenters. The number of piperidine rings is 2. The van der Waals surface area contributed by atoms with Crippen LogP contribution in [0.1, 0.15) is 32.1 Å². The van der Waals surface area contributed by atoms with E-state index in [0.29, 0.717) is 6.04 Å². The Morgan fingerprint density at radius 2 is 1.37 bits per heavy atom. The minimum absolute atomic E-state index is 0.343. The topological polar surface area (TPSA) is 32.5 Å². The number of rotatable bonds is 2. The molecule has 0 aliphatic carbocycles. The molecule has 0 aromatic heterocycles. The van der Waals surface area contributed by atoms with Crippen molar-refractivity contribution in [1.82, 2.24) is 0 Å². The molecule has 2 heterocycles. The SMILES string of the molecule is NC1CCCN(c2ccc(N3CCCCC3)cc2)C1. The van der Waals surface area contributed by atoms with Crippen molar-refractivity contribution in [2.45, 2.75) is 38.1 Å². The monoisotopic (exact) mass is 259 g/mol. The van der Waals surface area contributed by atoms with Gasteiger partial charge in [-0.1, -0.05) is 0 Å². The molecule has 2 aliphatic rings. The van der Waals surface area contributed by atoms with Crippen LogP contribution in [0.3, 0.4) is 0 Å². The Labute approximate surface area is 116 Å². The summed E-state index contributed by atoms with van der Waals surface area (Å²) in [5, 5.41) is 0. The quantitative estimate of drug-likeness (QED) is 0.886. The van der Waals surface area contributed by atoms with Gasteiger partial charge < -0.3 is 15.5 Å². The highest BCUT2D eigenvalue weighted by atomic mass is 15.2. The second-order valence-corrected chi connectivity index (χ2v) is 5.91. The lowest BCUT2D eigenvalue weighted by molar-refractivity contribution is 0.506. The fourth-order valence-corrected chi connectivity index (χ4v) is 3.27. The average Bonchev–Trinajstić information content (AvgIpc) is 2.48. The van der Waals surface area contributed by atoms with Crippen LogP contribution in [0.15, 0.2) is 24.3 Å². The van der Waals surface area contributed by atoms with Crippen molar-refractivity contribution in [3.8, 4) is 0 Å². The van der Waals surface area contributed by atoms with E-state index in [-0.39, 0.29) is 0 Å². The number of nitrogens with two attached hydrogens (primary N) is 1. The van der Waals surface area contributed by atoms with Crippen molar-refractivity contribution >= 4 is 11.4 Å². The summed E-state index contributed by atoms with van der Waals surface area (Å²) in [6.45, 7) is 4.59. The van der Waals surface area contributed by atoms with Gasteiger partial charge in [0.15, 0.2) is 0 Å². The molecule has 19 heavy (non-hydrogen) atoms. The maximum atomic E-state index is 6.06. The molecule has 0 bridgehead atoms. The Morgan fingerprint density at radius 1 is 0.789 bits per heavy atom. The molecule has 0 spiro atoms. The molecule has 2 aliphatic heterocycles. The Kier molecular flexibility index (Phi) is 3.92. The molecule has 1 aromatic carbocycles. The zero-order valence-electron chi connectivity index (χ0n) is 11.7. The second kappa shape index (κ2) is 5.83. The van der Waals surface area contributed by atoms with Crippen molar-refractivity contribution in [2.24, 2.45) is 5.73 Å². The van der Waals surface area contributed by atoms with E-state index in [4.69, 9.17) is 5.73 Å². The van der Waals surface area contributed by atoms with Crippen LogP contribution in [0.4, 0.5) is 11.4 Å². The molecule has 1 aromatic rings. The first-order chi connectivity index (χ1) is 9.33. The van der Waals surface area contributed by atoms with Crippen LogP contribution in [0, 0.1) is 0 Å². The van der Waals surface area contributed by atoms with Crippen molar-refractivity contribution in [3.05, 3.63) is 24.3 Å². The van der Waals surface area contributed by atoms with E-state index in [2.05, 4.69) is 34.1 Å². The predicted octanol–water partition coefficient (Wildman–Crippen LogP) is 2.60. The predicted molar refractivity (Wildman–Crippen MR) is 81.9 cm³/mol. The molecule has 3 nitrogen and oxygen atoms in total. The van der Waals surface area contributed by atoms with E-state index in [1.165, 1.54) is 56.6 Å². The first kappa shape index (κ1) is 12.8. The Bertz CT molecular complexity index is 395. The Balaban J connectivity index is 1.67. The molecule has 2 fully saturated rings. The second-order valence-electron chi connectivity index (χ2n) is 5.91. The highest BCUT2D eigenvalue weighted by Crippen LogP contribution is 2.25. The smallest absolute Gasteiger partial charge is 0.0368 e. The third-order valence-electron chi connectivity index (χ3n) is 4.39. The summed E-state index contributed by atoms with van der Waals surface area (Å²) in [6, 6.07) is 9.43. The molecule has 0 radical (unpaired) electrons. The van der Waals surface area contributed by atoms with Crippen LogP contribution in [-0.4, -0.2) is 32.2 Å². The lowest BCUT2D eigenvalue weighted by Gasteiger charge is -2.33. The van der Waals surface area contributed by atoms with Crippen LogP contribution < -0.4 is 15.5 Å². The summed E-state index contributed by atoms with van der Waals surface area (Å²) < 4.78 is 0. The van der Waals surface area contributed by atoms with Gasteiger partial charge in [-0.05, 0) is 56.4 Å². The average molecular weight is 259 g/mol. The van der Waals surface area contributed by atoms with Crippen molar-refractivity contribution in [3.63, 3.8) is 0 Å². The number of hydrogen-bond donors (Lipinski definition) is 1. The van der Waals surface area contributed by atoms with Gasteiger partial charge in [0.1, 0.15) is 0 Å². The van der Waals surface area contributed by atoms with Gasteiger partial charge in [-0.3, -0.25) is 0 Å². The first-order valence-corrected chi connectivity index (χ1v) is 7.68. The van der Waals surface area contributed by atoms with Gasteiger partial charge in [0.05, 0.1) is 0 Å². The minimum atomic E-state index is 0.343. The zero-order chi connectivity index (χ0) is 13.1. The van der Waals surface area contributed by atoms with E-state index >= 15 is 0 Å². The van der Waals surface area contributed by atoms with Crippen LogP contribution in [-0.2, 0) is 0 Å². The van der Waals surface area contributed by atoms with Crippen LogP contribution in [0.2, 0.25) is 0 Å². The van der Waals surface area contributed by atoms with Crippen LogP contribution in [0.5, 0.6) is 0 Å². The highest BCUT2D eigenvalue weighted by Gasteiger charge is 2.17. The normalized spacial score (nSPS) is 24.6. The van der Waals surface area contributed by atoms with Gasteiger partial charge in [0.25, 0.3) is 0 Å². The molecule has 3 heteroatoms. The molecule has 2 saturated heterocycles. The van der Waals surface area contributed by atoms with Gasteiger partial charge in [0.2, 0.25) is 0 Å². The van der Waals surface area contributed by atoms with E-state index < -0.39 is 0 Å². The zero-order valence-corrected chi connectivity index (χ0v) is 11.7. The van der Waals surface area contributed by atoms with Gasteiger partial charge in [-0.25, -0.2) is 0 Å². The van der Waals surface area contributed by atoms with E-state index in [0.717, 1.165) is 13.1 Å². The molecule has 0 saturated carbocycles. The summed E-state index contributed by atoms with van der Waals surface area (Å²) >= 11 is 0. The molecule has 2 N–H and O–H groups in total. The summed E-state index contributed by atoms with van der Waals surface area (Å²) in [4.78, 5) is 4.93. The number of nitrogens with zero attached hydrogens (tertiary/aromatic N) is 2. The lowest BCUT2D eigenvalue weighted by Crippen LogP contribution is -2.42. The van der Waals surface area contributed by atoms with Gasteiger partial charge in [0, 0.05) is 43.6 Å². The van der Waals surface area contributed by atoms with E-state index in [9.17, 15) is 0 Å². The largest absolute Gasteiger partial charge is 0.372 e. The third-order valence-corrected chi connectivity index (χ3v) is 4.39. The number of anilines is 2. The maximum absolute atomic E-state index is 6.06. The van der Waals surface area contributed by atoms with Crippen LogP contribution >= 0.6 is 0 Å². The highest BCUT2D eigenvalue weighted by molar-refractivity contribution is 5.56. The summed E-state index contributed by atoms with van der Waals surface area (Å²) in [5.41, 5.74) is 8.77. The minimum Gasteiger partial charge on any atom is -0.372 e. The van der Waals surface area contributed by atoms with Gasteiger partial charge in [-0.2, -0.15) is 0 Å². The molecule has 1 atom stereocenters. The molecule has 3 rings (SSSR count). The third kappa shape index (κ3) is 3.03. The lowest BCUT2D eigenvalue weighted by atomic mass is 10.1. The number of benzene rings is 1. The van der Waals surface area contributed by atoms with E-state index in [1.54, 1.807) is 0 Å². The summed E-state index contributed by atoms with van der Waals surface area (Å²) in [7, 11) is 0. The van der Waals surface area contributed by atoms with Gasteiger partial charge >= 0.3 is 0 Å². The maximum Gasteiger partial charge on any atom is 0.0368 e. The van der Waals surface area contributed by atoms with Gasteiger partial charge in [-0.15, -0.1) is 0 Å². The molecular formula is C16H25N3. The van der Waals surface area contributed by atoms with Crippen molar-refractivity contribution in [1.29, 1.82) is 0 Å². The molecular weight excluding hydrogens is 234 g/mol. The molecule has 104 valence electrons. The van der Waals surface area contributed by atoms with Crippen molar-refractivity contribution < 1.29 is 0 Å². The summed E-state index contributed by atoms with van der Waals surface area (Å²) in [5.74, 6) is 0. The Hall–Kier alpha value is -1.22. The Morgan fingerprint density at radius 3 is 2.00 bits per heavy atom. The fraction of sp³-hybridized carbons (Fsp3) is 0.625. The van der Waals surface area contributed by atoms with Crippen molar-refractivity contribution in [2.75, 3.05) is 36.0 Å². The number of hydrogen-bond acceptors (Lipinski definition) is 3. The summed E-state index contributed by atoms with van der Waals surface area (Å²) in [6.07, 6.45) is 6.45. The standard InChI is InChI=1S/C16H25N3/c17-14-5-4-12-19(13-14)16-8-6-15(7-9-16)18-10-2-1-3-11-18/h6-9,14H,1-5,10-13,17H2. The fourth-order valence-electron chi connectivity index (χ4n) is 3.27. The van der Waals surface area contributed by atoms with E-state index in [1.807, 2.05) is 0 Å². The first-order valence-electron chi connectivity index (χ1n) is 7.68.